The first-order valence-corrected chi connectivity index (χ1v) is 20.2. The van der Waals surface area contributed by atoms with E-state index in [-0.39, 0.29) is 11.3 Å². The topological polar surface area (TPSA) is 66.9 Å². The van der Waals surface area contributed by atoms with Gasteiger partial charge >= 0.3 is 11.3 Å². The van der Waals surface area contributed by atoms with Crippen LogP contribution in [0.15, 0.2) is 164 Å². The molecule has 7 aromatic carbocycles. The molecular formula is C52H44N2O4. The lowest BCUT2D eigenvalue weighted by Crippen LogP contribution is -2.21. The lowest BCUT2D eigenvalue weighted by molar-refractivity contribution is 0.563. The molecule has 2 aromatic heterocycles. The number of hydrogen-bond acceptors (Lipinski definition) is 6. The zero-order valence-corrected chi connectivity index (χ0v) is 33.2. The maximum Gasteiger partial charge on any atom is 0.344 e. The average Bonchev–Trinajstić information content (AvgIpc) is 3.26. The quantitative estimate of drug-likeness (QED) is 0.102. The van der Waals surface area contributed by atoms with E-state index in [0.717, 1.165) is 103 Å². The molecule has 0 spiro atoms. The Balaban J connectivity index is 1.17. The normalized spacial score (nSPS) is 11.5. The van der Waals surface area contributed by atoms with Gasteiger partial charge in [-0.15, -0.1) is 0 Å². The summed E-state index contributed by atoms with van der Waals surface area (Å²) >= 11 is 0. The average molecular weight is 761 g/mol. The van der Waals surface area contributed by atoms with Crippen molar-refractivity contribution in [3.8, 4) is 44.5 Å². The largest absolute Gasteiger partial charge is 0.422 e. The Hall–Kier alpha value is -6.92. The Labute approximate surface area is 337 Å². The van der Waals surface area contributed by atoms with Gasteiger partial charge in [-0.2, -0.15) is 0 Å². The van der Waals surface area contributed by atoms with Gasteiger partial charge in [0, 0.05) is 60.5 Å². The summed E-state index contributed by atoms with van der Waals surface area (Å²) < 4.78 is 11.9. The monoisotopic (exact) mass is 760 g/mol. The zero-order valence-electron chi connectivity index (χ0n) is 33.2. The van der Waals surface area contributed by atoms with Gasteiger partial charge in [0.1, 0.15) is 11.2 Å². The molecule has 0 saturated carbocycles. The van der Waals surface area contributed by atoms with Gasteiger partial charge in [0.2, 0.25) is 0 Å². The molecule has 0 radical (unpaired) electrons. The standard InChI is InChI=1S/C52H44N2O4/c1-5-53(6-2)39-25-23-35-29-45(51(55)57-47(35)31-39)33-15-13-17-37(27-33)49-41-19-9-11-21-43(41)50(44-22-12-10-20-42(44)49)38-18-14-16-34(28-38)46-30-36-24-26-40(54(7-3)8-4)32-48(36)58-52(46)56/h9-32H,5-8H2,1-4H3. The van der Waals surface area contributed by atoms with Crippen molar-refractivity contribution in [2.75, 3.05) is 36.0 Å². The van der Waals surface area contributed by atoms with Crippen molar-refractivity contribution in [1.29, 1.82) is 0 Å². The molecule has 0 N–H and O–H groups in total. The van der Waals surface area contributed by atoms with E-state index in [4.69, 9.17) is 8.83 Å². The molecule has 9 rings (SSSR count). The van der Waals surface area contributed by atoms with Crippen LogP contribution in [0.4, 0.5) is 11.4 Å². The smallest absolute Gasteiger partial charge is 0.344 e. The van der Waals surface area contributed by atoms with E-state index in [1.54, 1.807) is 0 Å². The molecule has 0 fully saturated rings. The van der Waals surface area contributed by atoms with Crippen LogP contribution in [0.25, 0.3) is 88.0 Å². The summed E-state index contributed by atoms with van der Waals surface area (Å²) in [5, 5.41) is 6.10. The van der Waals surface area contributed by atoms with Crippen LogP contribution >= 0.6 is 0 Å². The Morgan fingerprint density at radius 3 is 1.12 bits per heavy atom. The molecule has 0 bridgehead atoms. The fourth-order valence-electron chi connectivity index (χ4n) is 8.61. The Bertz CT molecular complexity index is 2870. The van der Waals surface area contributed by atoms with Gasteiger partial charge < -0.3 is 18.6 Å². The second-order valence-electron chi connectivity index (χ2n) is 14.7. The summed E-state index contributed by atoms with van der Waals surface area (Å²) in [5.41, 5.74) is 9.31. The number of rotatable bonds is 10. The summed E-state index contributed by atoms with van der Waals surface area (Å²) in [7, 11) is 0. The van der Waals surface area contributed by atoms with Crippen molar-refractivity contribution < 1.29 is 8.83 Å². The Morgan fingerprint density at radius 2 is 0.759 bits per heavy atom. The summed E-state index contributed by atoms with van der Waals surface area (Å²) in [5.74, 6) is 0. The molecule has 0 amide bonds. The van der Waals surface area contributed by atoms with Crippen LogP contribution < -0.4 is 21.1 Å². The van der Waals surface area contributed by atoms with E-state index in [1.807, 2.05) is 60.7 Å². The molecule has 9 aromatic rings. The summed E-state index contributed by atoms with van der Waals surface area (Å²) in [4.78, 5) is 31.7. The molecule has 0 atom stereocenters. The minimum Gasteiger partial charge on any atom is -0.422 e. The zero-order chi connectivity index (χ0) is 39.9. The van der Waals surface area contributed by atoms with E-state index in [2.05, 4.69) is 122 Å². The number of anilines is 2. The van der Waals surface area contributed by atoms with Crippen LogP contribution in [0.2, 0.25) is 0 Å². The van der Waals surface area contributed by atoms with Crippen LogP contribution in [-0.2, 0) is 0 Å². The minimum absolute atomic E-state index is 0.365. The predicted molar refractivity (Wildman–Crippen MR) is 242 cm³/mol. The van der Waals surface area contributed by atoms with E-state index in [9.17, 15) is 9.59 Å². The summed E-state index contributed by atoms with van der Waals surface area (Å²) in [6.07, 6.45) is 0. The first-order chi connectivity index (χ1) is 28.4. The van der Waals surface area contributed by atoms with E-state index in [0.29, 0.717) is 22.3 Å². The van der Waals surface area contributed by atoms with Crippen molar-refractivity contribution in [1.82, 2.24) is 0 Å². The molecule has 0 unspecified atom stereocenters. The van der Waals surface area contributed by atoms with Crippen LogP contribution in [0.1, 0.15) is 27.7 Å². The molecule has 6 nitrogen and oxygen atoms in total. The Morgan fingerprint density at radius 1 is 0.397 bits per heavy atom. The van der Waals surface area contributed by atoms with Crippen LogP contribution in [0, 0.1) is 0 Å². The maximum atomic E-state index is 13.6. The SMILES string of the molecule is CCN(CC)c1ccc2cc(-c3cccc(-c4c5ccccc5c(-c5cccc(-c6cc7ccc(N(CC)CC)cc7oc6=O)c5)c5ccccc45)c3)c(=O)oc2c1. The maximum absolute atomic E-state index is 13.6. The lowest BCUT2D eigenvalue weighted by Gasteiger charge is -2.21. The van der Waals surface area contributed by atoms with Gasteiger partial charge in [0.05, 0.1) is 11.1 Å². The van der Waals surface area contributed by atoms with E-state index >= 15 is 0 Å². The Kier molecular flexibility index (Phi) is 9.62. The van der Waals surface area contributed by atoms with Gasteiger partial charge in [-0.3, -0.25) is 0 Å². The van der Waals surface area contributed by atoms with Crippen molar-refractivity contribution in [3.63, 3.8) is 0 Å². The highest BCUT2D eigenvalue weighted by Crippen LogP contribution is 2.44. The lowest BCUT2D eigenvalue weighted by atomic mass is 9.85. The molecule has 0 aliphatic carbocycles. The third-order valence-corrected chi connectivity index (χ3v) is 11.6. The predicted octanol–water partition coefficient (Wildman–Crippen LogP) is 12.6. The highest BCUT2D eigenvalue weighted by atomic mass is 16.4. The third kappa shape index (κ3) is 6.41. The first kappa shape index (κ1) is 36.7. The minimum atomic E-state index is -0.365. The molecular weight excluding hydrogens is 717 g/mol. The van der Waals surface area contributed by atoms with Crippen LogP contribution in [0.3, 0.4) is 0 Å². The molecule has 0 aliphatic rings. The van der Waals surface area contributed by atoms with Gasteiger partial charge in [0.15, 0.2) is 0 Å². The third-order valence-electron chi connectivity index (χ3n) is 11.6. The molecule has 2 heterocycles. The number of benzene rings is 7. The fraction of sp³-hybridized carbons (Fsp3) is 0.154. The number of hydrogen-bond donors (Lipinski definition) is 0. The molecule has 58 heavy (non-hydrogen) atoms. The van der Waals surface area contributed by atoms with Gasteiger partial charge in [-0.1, -0.05) is 84.9 Å². The molecule has 0 aliphatic heterocycles. The first-order valence-electron chi connectivity index (χ1n) is 20.2. The van der Waals surface area contributed by atoms with Gasteiger partial charge in [-0.05, 0) is 131 Å². The molecule has 286 valence electrons. The second-order valence-corrected chi connectivity index (χ2v) is 14.7. The summed E-state index contributed by atoms with van der Waals surface area (Å²) in [6.45, 7) is 12.0. The van der Waals surface area contributed by atoms with Crippen LogP contribution in [0.5, 0.6) is 0 Å². The van der Waals surface area contributed by atoms with E-state index < -0.39 is 0 Å². The van der Waals surface area contributed by atoms with Crippen molar-refractivity contribution in [2.45, 2.75) is 27.7 Å². The van der Waals surface area contributed by atoms with Gasteiger partial charge in [-0.25, -0.2) is 9.59 Å². The highest BCUT2D eigenvalue weighted by molar-refractivity contribution is 6.21. The van der Waals surface area contributed by atoms with Crippen molar-refractivity contribution in [3.05, 3.63) is 166 Å². The summed E-state index contributed by atoms with van der Waals surface area (Å²) in [6, 6.07) is 49.4. The molecule has 0 saturated heterocycles. The second kappa shape index (κ2) is 15.2. The van der Waals surface area contributed by atoms with E-state index in [1.165, 1.54) is 0 Å². The highest BCUT2D eigenvalue weighted by Gasteiger charge is 2.19. The fourth-order valence-corrected chi connectivity index (χ4v) is 8.61. The number of nitrogens with zero attached hydrogens (tertiary/aromatic N) is 2. The number of fused-ring (bicyclic) bond motifs is 4. The van der Waals surface area contributed by atoms with Crippen LogP contribution in [-0.4, -0.2) is 26.2 Å². The van der Waals surface area contributed by atoms with Gasteiger partial charge in [0.25, 0.3) is 0 Å². The van der Waals surface area contributed by atoms with Crippen molar-refractivity contribution in [2.24, 2.45) is 0 Å². The van der Waals surface area contributed by atoms with Crippen molar-refractivity contribution >= 4 is 54.9 Å². The molecule has 6 heteroatoms.